The Hall–Kier alpha value is -0.870. The number of ether oxygens (including phenoxy) is 1. The topological polar surface area (TPSA) is 52.3 Å². The Labute approximate surface area is 97.7 Å². The molecule has 0 heterocycles. The van der Waals surface area contributed by atoms with Gasteiger partial charge >= 0.3 is 5.97 Å². The maximum absolute atomic E-state index is 11.2. The van der Waals surface area contributed by atoms with Gasteiger partial charge in [0.1, 0.15) is 0 Å². The molecular formula is C11H14BrNO2. The summed E-state index contributed by atoms with van der Waals surface area (Å²) in [7, 11) is 1.36. The van der Waals surface area contributed by atoms with Crippen molar-refractivity contribution in [1.82, 2.24) is 0 Å². The molecule has 1 aromatic rings. The summed E-state index contributed by atoms with van der Waals surface area (Å²) in [5, 5.41) is 0. The van der Waals surface area contributed by atoms with E-state index in [0.29, 0.717) is 0 Å². The molecule has 0 aliphatic carbocycles. The van der Waals surface area contributed by atoms with Crippen LogP contribution in [0.4, 0.5) is 0 Å². The fourth-order valence-electron chi connectivity index (χ4n) is 1.30. The van der Waals surface area contributed by atoms with Crippen LogP contribution < -0.4 is 5.73 Å². The number of carbonyl (C=O) groups excluding carboxylic acids is 1. The quantitative estimate of drug-likeness (QED) is 0.858. The van der Waals surface area contributed by atoms with Crippen LogP contribution in [0.5, 0.6) is 0 Å². The Morgan fingerprint density at radius 1 is 1.47 bits per heavy atom. The Morgan fingerprint density at radius 2 is 2.00 bits per heavy atom. The average Bonchev–Trinajstić information content (AvgIpc) is 2.17. The first-order valence-corrected chi connectivity index (χ1v) is 5.37. The molecule has 2 N–H and O–H groups in total. The van der Waals surface area contributed by atoms with Gasteiger partial charge in [0.15, 0.2) is 0 Å². The second-order valence-electron chi connectivity index (χ2n) is 3.68. The average molecular weight is 272 g/mol. The summed E-state index contributed by atoms with van der Waals surface area (Å²) in [6.45, 7) is 1.81. The fourth-order valence-corrected chi connectivity index (χ4v) is 1.57. The minimum atomic E-state index is -0.687. The molecule has 15 heavy (non-hydrogen) atoms. The van der Waals surface area contributed by atoms with Crippen molar-refractivity contribution in [2.75, 3.05) is 7.11 Å². The summed E-state index contributed by atoms with van der Waals surface area (Å²) in [5.41, 5.74) is 6.27. The number of esters is 1. The minimum Gasteiger partial charge on any atom is -0.469 e. The first-order valence-electron chi connectivity index (χ1n) is 4.57. The third-order valence-electron chi connectivity index (χ3n) is 2.24. The molecule has 1 rings (SSSR count). The van der Waals surface area contributed by atoms with Crippen molar-refractivity contribution >= 4 is 21.9 Å². The van der Waals surface area contributed by atoms with E-state index in [1.54, 1.807) is 0 Å². The van der Waals surface area contributed by atoms with E-state index in [2.05, 4.69) is 20.7 Å². The van der Waals surface area contributed by atoms with Gasteiger partial charge in [0.2, 0.25) is 0 Å². The van der Waals surface area contributed by atoms with E-state index in [9.17, 15) is 4.79 Å². The van der Waals surface area contributed by atoms with E-state index in [-0.39, 0.29) is 12.4 Å². The predicted molar refractivity (Wildman–Crippen MR) is 62.3 cm³/mol. The van der Waals surface area contributed by atoms with Gasteiger partial charge in [0, 0.05) is 10.0 Å². The molecule has 0 saturated heterocycles. The van der Waals surface area contributed by atoms with Gasteiger partial charge in [0.25, 0.3) is 0 Å². The van der Waals surface area contributed by atoms with Crippen molar-refractivity contribution in [1.29, 1.82) is 0 Å². The van der Waals surface area contributed by atoms with Crippen molar-refractivity contribution in [3.63, 3.8) is 0 Å². The smallest absolute Gasteiger partial charge is 0.307 e. The number of rotatable bonds is 3. The molecule has 0 amide bonds. The summed E-state index contributed by atoms with van der Waals surface area (Å²) >= 11 is 3.34. The van der Waals surface area contributed by atoms with Crippen LogP contribution >= 0.6 is 15.9 Å². The predicted octanol–water partition coefficient (Wildman–Crippen LogP) is 2.19. The first-order chi connectivity index (χ1) is 6.95. The van der Waals surface area contributed by atoms with E-state index in [1.807, 2.05) is 31.2 Å². The first kappa shape index (κ1) is 12.2. The SMILES string of the molecule is COC(=O)CC(C)(N)c1ccc(Br)cc1. The zero-order chi connectivity index (χ0) is 11.5. The molecule has 3 nitrogen and oxygen atoms in total. The Balaban J connectivity index is 2.85. The molecule has 0 fully saturated rings. The molecule has 1 unspecified atom stereocenters. The second-order valence-corrected chi connectivity index (χ2v) is 4.59. The van der Waals surface area contributed by atoms with Crippen LogP contribution in [-0.2, 0) is 15.1 Å². The van der Waals surface area contributed by atoms with Crippen molar-refractivity contribution < 1.29 is 9.53 Å². The van der Waals surface area contributed by atoms with Crippen LogP contribution in [0.3, 0.4) is 0 Å². The highest BCUT2D eigenvalue weighted by Crippen LogP contribution is 2.23. The lowest BCUT2D eigenvalue weighted by atomic mass is 9.90. The number of benzene rings is 1. The van der Waals surface area contributed by atoms with Crippen molar-refractivity contribution in [3.05, 3.63) is 34.3 Å². The molecule has 0 aliphatic heterocycles. The van der Waals surface area contributed by atoms with Gasteiger partial charge in [-0.25, -0.2) is 0 Å². The number of hydrogen-bond acceptors (Lipinski definition) is 3. The zero-order valence-electron chi connectivity index (χ0n) is 8.79. The van der Waals surface area contributed by atoms with Crippen molar-refractivity contribution in [2.24, 2.45) is 5.73 Å². The monoisotopic (exact) mass is 271 g/mol. The number of carbonyl (C=O) groups is 1. The summed E-state index contributed by atoms with van der Waals surface area (Å²) in [6, 6.07) is 7.59. The highest BCUT2D eigenvalue weighted by Gasteiger charge is 2.25. The molecule has 82 valence electrons. The Morgan fingerprint density at radius 3 is 2.47 bits per heavy atom. The van der Waals surface area contributed by atoms with Crippen LogP contribution in [0.15, 0.2) is 28.7 Å². The molecule has 0 radical (unpaired) electrons. The largest absolute Gasteiger partial charge is 0.469 e. The Kier molecular flexibility index (Phi) is 3.88. The normalized spacial score (nSPS) is 14.4. The van der Waals surface area contributed by atoms with Gasteiger partial charge in [0.05, 0.1) is 13.5 Å². The standard InChI is InChI=1S/C11H14BrNO2/c1-11(13,7-10(14)15-2)8-3-5-9(12)6-4-8/h3-6H,7,13H2,1-2H3. The van der Waals surface area contributed by atoms with Crippen LogP contribution in [0.1, 0.15) is 18.9 Å². The molecule has 0 bridgehead atoms. The molecule has 0 saturated carbocycles. The maximum atomic E-state index is 11.2. The lowest BCUT2D eigenvalue weighted by molar-refractivity contribution is -0.141. The summed E-state index contributed by atoms with van der Waals surface area (Å²) in [6.07, 6.45) is 0.172. The molecule has 0 aliphatic rings. The lowest BCUT2D eigenvalue weighted by Crippen LogP contribution is -2.35. The highest BCUT2D eigenvalue weighted by atomic mass is 79.9. The summed E-state index contributed by atoms with van der Waals surface area (Å²) < 4.78 is 5.59. The molecule has 1 aromatic carbocycles. The molecule has 1 atom stereocenters. The lowest BCUT2D eigenvalue weighted by Gasteiger charge is -2.23. The van der Waals surface area contributed by atoms with Gasteiger partial charge < -0.3 is 10.5 Å². The van der Waals surface area contributed by atoms with Gasteiger partial charge in [-0.15, -0.1) is 0 Å². The van der Waals surface area contributed by atoms with E-state index >= 15 is 0 Å². The zero-order valence-corrected chi connectivity index (χ0v) is 10.4. The minimum absolute atomic E-state index is 0.172. The second kappa shape index (κ2) is 4.77. The molecular weight excluding hydrogens is 258 g/mol. The molecule has 0 spiro atoms. The Bertz CT molecular complexity index is 346. The van der Waals surface area contributed by atoms with Gasteiger partial charge in [-0.1, -0.05) is 28.1 Å². The van der Waals surface area contributed by atoms with E-state index in [1.165, 1.54) is 7.11 Å². The molecule has 4 heteroatoms. The van der Waals surface area contributed by atoms with Crippen LogP contribution in [0.25, 0.3) is 0 Å². The fraction of sp³-hybridized carbons (Fsp3) is 0.364. The van der Waals surface area contributed by atoms with E-state index in [0.717, 1.165) is 10.0 Å². The van der Waals surface area contributed by atoms with Crippen molar-refractivity contribution in [3.8, 4) is 0 Å². The van der Waals surface area contributed by atoms with Crippen molar-refractivity contribution in [2.45, 2.75) is 18.9 Å². The van der Waals surface area contributed by atoms with Gasteiger partial charge in [-0.3, -0.25) is 4.79 Å². The third kappa shape index (κ3) is 3.32. The van der Waals surface area contributed by atoms with Gasteiger partial charge in [-0.05, 0) is 24.6 Å². The number of nitrogens with two attached hydrogens (primary N) is 1. The van der Waals surface area contributed by atoms with Crippen LogP contribution in [-0.4, -0.2) is 13.1 Å². The van der Waals surface area contributed by atoms with Gasteiger partial charge in [-0.2, -0.15) is 0 Å². The van der Waals surface area contributed by atoms with Crippen LogP contribution in [0.2, 0.25) is 0 Å². The molecule has 0 aromatic heterocycles. The maximum Gasteiger partial charge on any atom is 0.307 e. The number of hydrogen-bond donors (Lipinski definition) is 1. The summed E-state index contributed by atoms with van der Waals surface area (Å²) in [4.78, 5) is 11.2. The third-order valence-corrected chi connectivity index (χ3v) is 2.77. The van der Waals surface area contributed by atoms with E-state index in [4.69, 9.17) is 5.73 Å². The number of methoxy groups -OCH3 is 1. The highest BCUT2D eigenvalue weighted by molar-refractivity contribution is 9.10. The summed E-state index contributed by atoms with van der Waals surface area (Å²) in [5.74, 6) is -0.303. The van der Waals surface area contributed by atoms with E-state index < -0.39 is 5.54 Å². The number of halogens is 1. The van der Waals surface area contributed by atoms with Crippen LogP contribution in [0, 0.1) is 0 Å².